The fourth-order valence-electron chi connectivity index (χ4n) is 1.97. The lowest BCUT2D eigenvalue weighted by molar-refractivity contribution is -0.140. The number of nitrogens with one attached hydrogen (secondary N) is 1. The van der Waals surface area contributed by atoms with Crippen LogP contribution in [0.2, 0.25) is 0 Å². The molecular formula is C18H27NO4. The van der Waals surface area contributed by atoms with E-state index in [9.17, 15) is 9.59 Å². The lowest BCUT2D eigenvalue weighted by Crippen LogP contribution is -2.26. The third-order valence-corrected chi connectivity index (χ3v) is 3.42. The molecule has 0 saturated heterocycles. The van der Waals surface area contributed by atoms with Gasteiger partial charge < -0.3 is 14.8 Å². The molecule has 5 heteroatoms. The van der Waals surface area contributed by atoms with Gasteiger partial charge in [0.15, 0.2) is 0 Å². The molecule has 0 spiro atoms. The van der Waals surface area contributed by atoms with Crippen molar-refractivity contribution in [1.82, 2.24) is 5.32 Å². The largest absolute Gasteiger partial charge is 0.494 e. The summed E-state index contributed by atoms with van der Waals surface area (Å²) in [6.07, 6.45) is 1.20. The van der Waals surface area contributed by atoms with Crippen LogP contribution in [0.5, 0.6) is 5.75 Å². The molecule has 1 aromatic rings. The molecule has 0 radical (unpaired) electrons. The second kappa shape index (κ2) is 9.18. The molecule has 1 rings (SSSR count). The fraction of sp³-hybridized carbons (Fsp3) is 0.556. The van der Waals surface area contributed by atoms with Gasteiger partial charge in [0, 0.05) is 13.0 Å². The van der Waals surface area contributed by atoms with Crippen LogP contribution < -0.4 is 10.1 Å². The predicted molar refractivity (Wildman–Crippen MR) is 89.5 cm³/mol. The van der Waals surface area contributed by atoms with Crippen LogP contribution in [0.15, 0.2) is 24.3 Å². The molecule has 0 aliphatic rings. The number of hydrogen-bond acceptors (Lipinski definition) is 4. The SMILES string of the molecule is COC(=O)CCNC(=O)CCCOc1ccc(C(C)(C)C)cc1. The van der Waals surface area contributed by atoms with Crippen molar-refractivity contribution in [3.63, 3.8) is 0 Å². The van der Waals surface area contributed by atoms with E-state index in [4.69, 9.17) is 4.74 Å². The molecule has 5 nitrogen and oxygen atoms in total. The van der Waals surface area contributed by atoms with Crippen molar-refractivity contribution in [1.29, 1.82) is 0 Å². The third kappa shape index (κ3) is 7.68. The van der Waals surface area contributed by atoms with Gasteiger partial charge in [-0.25, -0.2) is 0 Å². The Morgan fingerprint density at radius 2 is 1.74 bits per heavy atom. The minimum Gasteiger partial charge on any atom is -0.494 e. The summed E-state index contributed by atoms with van der Waals surface area (Å²) in [5.41, 5.74) is 1.38. The van der Waals surface area contributed by atoms with Crippen molar-refractivity contribution in [3.05, 3.63) is 29.8 Å². The van der Waals surface area contributed by atoms with Crippen LogP contribution in [0.1, 0.15) is 45.6 Å². The minimum absolute atomic E-state index is 0.0828. The summed E-state index contributed by atoms with van der Waals surface area (Å²) in [6.45, 7) is 7.30. The smallest absolute Gasteiger partial charge is 0.307 e. The Labute approximate surface area is 138 Å². The van der Waals surface area contributed by atoms with Gasteiger partial charge in [-0.15, -0.1) is 0 Å². The molecule has 0 heterocycles. The van der Waals surface area contributed by atoms with Crippen LogP contribution in [0, 0.1) is 0 Å². The van der Waals surface area contributed by atoms with Gasteiger partial charge in [-0.3, -0.25) is 9.59 Å². The molecule has 0 fully saturated rings. The Kier molecular flexibility index (Phi) is 7.59. The molecule has 23 heavy (non-hydrogen) atoms. The van der Waals surface area contributed by atoms with Gasteiger partial charge in [0.1, 0.15) is 5.75 Å². The van der Waals surface area contributed by atoms with Crippen LogP contribution in [0.4, 0.5) is 0 Å². The number of hydrogen-bond donors (Lipinski definition) is 1. The first-order valence-electron chi connectivity index (χ1n) is 7.90. The van der Waals surface area contributed by atoms with Crippen molar-refractivity contribution >= 4 is 11.9 Å². The molecule has 1 aromatic carbocycles. The molecular weight excluding hydrogens is 294 g/mol. The summed E-state index contributed by atoms with van der Waals surface area (Å²) in [5, 5.41) is 2.68. The van der Waals surface area contributed by atoms with E-state index in [2.05, 4.69) is 43.0 Å². The number of benzene rings is 1. The van der Waals surface area contributed by atoms with Crippen molar-refractivity contribution < 1.29 is 19.1 Å². The molecule has 128 valence electrons. The van der Waals surface area contributed by atoms with E-state index in [1.807, 2.05) is 12.1 Å². The quantitative estimate of drug-likeness (QED) is 0.591. The number of amides is 1. The van der Waals surface area contributed by atoms with E-state index in [0.717, 1.165) is 5.75 Å². The van der Waals surface area contributed by atoms with Gasteiger partial charge in [-0.2, -0.15) is 0 Å². The number of carbonyl (C=O) groups is 2. The number of carbonyl (C=O) groups excluding carboxylic acids is 2. The van der Waals surface area contributed by atoms with Crippen molar-refractivity contribution in [2.45, 2.75) is 45.4 Å². The maximum Gasteiger partial charge on any atom is 0.307 e. The number of esters is 1. The van der Waals surface area contributed by atoms with E-state index in [1.54, 1.807) is 0 Å². The van der Waals surface area contributed by atoms with E-state index < -0.39 is 0 Å². The molecule has 0 saturated carbocycles. The highest BCUT2D eigenvalue weighted by Crippen LogP contribution is 2.24. The molecule has 0 unspecified atom stereocenters. The average Bonchev–Trinajstić information content (AvgIpc) is 2.51. The van der Waals surface area contributed by atoms with Crippen molar-refractivity contribution in [3.8, 4) is 5.75 Å². The van der Waals surface area contributed by atoms with Gasteiger partial charge in [0.25, 0.3) is 0 Å². The zero-order chi connectivity index (χ0) is 17.3. The average molecular weight is 321 g/mol. The highest BCUT2D eigenvalue weighted by molar-refractivity contribution is 5.76. The minimum atomic E-state index is -0.327. The van der Waals surface area contributed by atoms with Crippen LogP contribution in [0.3, 0.4) is 0 Å². The summed E-state index contributed by atoms with van der Waals surface area (Å²) >= 11 is 0. The highest BCUT2D eigenvalue weighted by Gasteiger charge is 2.12. The standard InChI is InChI=1S/C18H27NO4/c1-18(2,3)14-7-9-15(10-8-14)23-13-5-6-16(20)19-12-11-17(21)22-4/h7-10H,5-6,11-13H2,1-4H3,(H,19,20). The van der Waals surface area contributed by atoms with Crippen LogP contribution in [-0.4, -0.2) is 32.1 Å². The Balaban J connectivity index is 2.19. The Morgan fingerprint density at radius 1 is 1.09 bits per heavy atom. The van der Waals surface area contributed by atoms with Gasteiger partial charge in [0.2, 0.25) is 5.91 Å². The molecule has 1 amide bonds. The second-order valence-electron chi connectivity index (χ2n) is 6.40. The Hall–Kier alpha value is -2.04. The molecule has 0 atom stereocenters. The Morgan fingerprint density at radius 3 is 2.30 bits per heavy atom. The second-order valence-corrected chi connectivity index (χ2v) is 6.40. The zero-order valence-electron chi connectivity index (χ0n) is 14.5. The summed E-state index contributed by atoms with van der Waals surface area (Å²) in [6, 6.07) is 8.04. The van der Waals surface area contributed by atoms with Crippen LogP contribution in [-0.2, 0) is 19.7 Å². The van der Waals surface area contributed by atoms with Gasteiger partial charge >= 0.3 is 5.97 Å². The summed E-state index contributed by atoms with van der Waals surface area (Å²) < 4.78 is 10.1. The number of methoxy groups -OCH3 is 1. The maximum atomic E-state index is 11.6. The summed E-state index contributed by atoms with van der Waals surface area (Å²) in [5.74, 6) is 0.400. The lowest BCUT2D eigenvalue weighted by atomic mass is 9.87. The maximum absolute atomic E-state index is 11.6. The highest BCUT2D eigenvalue weighted by atomic mass is 16.5. The fourth-order valence-corrected chi connectivity index (χ4v) is 1.97. The first-order chi connectivity index (χ1) is 10.8. The van der Waals surface area contributed by atoms with Crippen molar-refractivity contribution in [2.75, 3.05) is 20.3 Å². The first kappa shape index (κ1) is 19.0. The molecule has 1 N–H and O–H groups in total. The number of ether oxygens (including phenoxy) is 2. The molecule has 0 aromatic heterocycles. The third-order valence-electron chi connectivity index (χ3n) is 3.42. The molecule has 0 aliphatic carbocycles. The normalized spacial score (nSPS) is 11.0. The van der Waals surface area contributed by atoms with E-state index in [-0.39, 0.29) is 23.7 Å². The lowest BCUT2D eigenvalue weighted by Gasteiger charge is -2.19. The monoisotopic (exact) mass is 321 g/mol. The molecule has 0 aliphatic heterocycles. The summed E-state index contributed by atoms with van der Waals surface area (Å²) in [7, 11) is 1.33. The predicted octanol–water partition coefficient (Wildman–Crippen LogP) is 2.82. The van der Waals surface area contributed by atoms with E-state index in [0.29, 0.717) is 26.0 Å². The van der Waals surface area contributed by atoms with Gasteiger partial charge in [0.05, 0.1) is 20.1 Å². The molecule has 0 bridgehead atoms. The van der Waals surface area contributed by atoms with Crippen LogP contribution >= 0.6 is 0 Å². The summed E-state index contributed by atoms with van der Waals surface area (Å²) in [4.78, 5) is 22.5. The van der Waals surface area contributed by atoms with E-state index >= 15 is 0 Å². The van der Waals surface area contributed by atoms with Gasteiger partial charge in [-0.05, 0) is 29.5 Å². The van der Waals surface area contributed by atoms with Gasteiger partial charge in [-0.1, -0.05) is 32.9 Å². The Bertz CT molecular complexity index is 503. The van der Waals surface area contributed by atoms with Crippen molar-refractivity contribution in [2.24, 2.45) is 0 Å². The number of rotatable bonds is 8. The van der Waals surface area contributed by atoms with E-state index in [1.165, 1.54) is 12.7 Å². The van der Waals surface area contributed by atoms with Crippen LogP contribution in [0.25, 0.3) is 0 Å². The topological polar surface area (TPSA) is 64.6 Å². The first-order valence-corrected chi connectivity index (χ1v) is 7.90. The zero-order valence-corrected chi connectivity index (χ0v) is 14.5.